The average molecular weight is 237 g/mol. The van der Waals surface area contributed by atoms with E-state index in [0.717, 1.165) is 24.6 Å². The van der Waals surface area contributed by atoms with Crippen molar-refractivity contribution in [3.63, 3.8) is 0 Å². The van der Waals surface area contributed by atoms with Crippen LogP contribution in [0.2, 0.25) is 0 Å². The van der Waals surface area contributed by atoms with Crippen LogP contribution in [-0.4, -0.2) is 18.1 Å². The van der Waals surface area contributed by atoms with Gasteiger partial charge in [0, 0.05) is 6.54 Å². The van der Waals surface area contributed by atoms with E-state index in [1.807, 2.05) is 17.8 Å². The smallest absolute Gasteiger partial charge is 0.146 e. The van der Waals surface area contributed by atoms with Crippen LogP contribution in [0.3, 0.4) is 0 Å². The Morgan fingerprint density at radius 1 is 1.31 bits per heavy atom. The zero-order valence-electron chi connectivity index (χ0n) is 9.21. The van der Waals surface area contributed by atoms with Crippen LogP contribution < -0.4 is 5.32 Å². The molecule has 1 fully saturated rings. The Morgan fingerprint density at radius 3 is 3.06 bits per heavy atom. The molecular formula is C13H16FNS. The molecule has 0 amide bonds. The van der Waals surface area contributed by atoms with Crippen molar-refractivity contribution >= 4 is 17.4 Å². The summed E-state index contributed by atoms with van der Waals surface area (Å²) in [6.45, 7) is 0.916. The van der Waals surface area contributed by atoms with Crippen LogP contribution >= 0.6 is 11.8 Å². The molecule has 2 aliphatic rings. The van der Waals surface area contributed by atoms with Crippen molar-refractivity contribution in [2.45, 2.75) is 18.8 Å². The summed E-state index contributed by atoms with van der Waals surface area (Å²) in [5.41, 5.74) is 1.97. The van der Waals surface area contributed by atoms with Crippen molar-refractivity contribution in [2.24, 2.45) is 5.92 Å². The predicted octanol–water partition coefficient (Wildman–Crippen LogP) is 3.48. The van der Waals surface area contributed by atoms with E-state index in [9.17, 15) is 4.39 Å². The van der Waals surface area contributed by atoms with Crippen molar-refractivity contribution in [3.8, 4) is 0 Å². The van der Waals surface area contributed by atoms with Gasteiger partial charge in [0.2, 0.25) is 0 Å². The fourth-order valence-electron chi connectivity index (χ4n) is 2.90. The van der Waals surface area contributed by atoms with E-state index in [2.05, 4.69) is 11.4 Å². The van der Waals surface area contributed by atoms with Gasteiger partial charge in [0.05, 0.1) is 5.69 Å². The van der Waals surface area contributed by atoms with Gasteiger partial charge < -0.3 is 5.32 Å². The minimum Gasteiger partial charge on any atom is -0.382 e. The van der Waals surface area contributed by atoms with Gasteiger partial charge in [-0.15, -0.1) is 0 Å². The normalized spacial score (nSPS) is 28.6. The van der Waals surface area contributed by atoms with Crippen LogP contribution in [0, 0.1) is 11.7 Å². The molecule has 3 heteroatoms. The van der Waals surface area contributed by atoms with E-state index in [1.165, 1.54) is 23.5 Å². The maximum Gasteiger partial charge on any atom is 0.146 e. The van der Waals surface area contributed by atoms with Crippen molar-refractivity contribution in [1.29, 1.82) is 0 Å². The second-order valence-corrected chi connectivity index (χ2v) is 5.80. The maximum atomic E-state index is 13.7. The van der Waals surface area contributed by atoms with E-state index in [-0.39, 0.29) is 5.82 Å². The van der Waals surface area contributed by atoms with Crippen molar-refractivity contribution in [2.75, 3.05) is 23.4 Å². The van der Waals surface area contributed by atoms with E-state index < -0.39 is 0 Å². The Kier molecular flexibility index (Phi) is 2.80. The Balaban J connectivity index is 1.96. The number of rotatable bonds is 1. The molecular weight excluding hydrogens is 221 g/mol. The van der Waals surface area contributed by atoms with Gasteiger partial charge in [0.25, 0.3) is 0 Å². The second kappa shape index (κ2) is 4.28. The Morgan fingerprint density at radius 2 is 2.25 bits per heavy atom. The fourth-order valence-corrected chi connectivity index (χ4v) is 4.24. The quantitative estimate of drug-likeness (QED) is 0.802. The van der Waals surface area contributed by atoms with Crippen LogP contribution in [0.1, 0.15) is 24.3 Å². The Bertz CT molecular complexity index is 388. The average Bonchev–Trinajstić information content (AvgIpc) is 2.82. The molecule has 0 radical (unpaired) electrons. The standard InChI is InChI=1S/C13H16FNS/c14-12-3-1-2-11-10(4-6-15-13(11)12)9-5-7-16-8-9/h1-3,9-10,15H,4-8H2. The van der Waals surface area contributed by atoms with Crippen LogP contribution in [0.4, 0.5) is 10.1 Å². The zero-order valence-corrected chi connectivity index (χ0v) is 10.0. The number of nitrogens with one attached hydrogen (secondary N) is 1. The molecule has 0 aromatic heterocycles. The molecule has 2 aliphatic heterocycles. The van der Waals surface area contributed by atoms with E-state index in [0.29, 0.717) is 5.92 Å². The summed E-state index contributed by atoms with van der Waals surface area (Å²) in [5, 5.41) is 3.20. The number of thioether (sulfide) groups is 1. The third kappa shape index (κ3) is 1.71. The molecule has 1 nitrogen and oxygen atoms in total. The lowest BCUT2D eigenvalue weighted by Crippen LogP contribution is -2.23. The molecule has 2 atom stereocenters. The maximum absolute atomic E-state index is 13.7. The number of hydrogen-bond acceptors (Lipinski definition) is 2. The van der Waals surface area contributed by atoms with Gasteiger partial charge in [-0.2, -0.15) is 11.8 Å². The van der Waals surface area contributed by atoms with Crippen molar-refractivity contribution in [1.82, 2.24) is 0 Å². The molecule has 0 saturated carbocycles. The van der Waals surface area contributed by atoms with Crippen molar-refractivity contribution in [3.05, 3.63) is 29.6 Å². The lowest BCUT2D eigenvalue weighted by atomic mass is 9.80. The molecule has 16 heavy (non-hydrogen) atoms. The molecule has 2 heterocycles. The minimum atomic E-state index is -0.0900. The van der Waals surface area contributed by atoms with Crippen LogP contribution in [-0.2, 0) is 0 Å². The van der Waals surface area contributed by atoms with Crippen LogP contribution in [0.15, 0.2) is 18.2 Å². The summed E-state index contributed by atoms with van der Waals surface area (Å²) in [4.78, 5) is 0. The summed E-state index contributed by atoms with van der Waals surface area (Å²) in [6.07, 6.45) is 2.45. The van der Waals surface area contributed by atoms with Gasteiger partial charge in [0.15, 0.2) is 0 Å². The number of para-hydroxylation sites is 1. The zero-order chi connectivity index (χ0) is 11.0. The van der Waals surface area contributed by atoms with E-state index >= 15 is 0 Å². The van der Waals surface area contributed by atoms with Gasteiger partial charge in [-0.3, -0.25) is 0 Å². The highest BCUT2D eigenvalue weighted by atomic mass is 32.2. The number of anilines is 1. The molecule has 0 bridgehead atoms. The highest BCUT2D eigenvalue weighted by molar-refractivity contribution is 7.99. The van der Waals surface area contributed by atoms with Gasteiger partial charge in [0.1, 0.15) is 5.82 Å². The van der Waals surface area contributed by atoms with Gasteiger partial charge >= 0.3 is 0 Å². The van der Waals surface area contributed by atoms with Gasteiger partial charge in [-0.05, 0) is 47.8 Å². The molecule has 0 spiro atoms. The van der Waals surface area contributed by atoms with Crippen LogP contribution in [0.25, 0.3) is 0 Å². The van der Waals surface area contributed by atoms with E-state index in [1.54, 1.807) is 6.07 Å². The molecule has 3 rings (SSSR count). The molecule has 1 saturated heterocycles. The molecule has 1 N–H and O–H groups in total. The number of benzene rings is 1. The lowest BCUT2D eigenvalue weighted by molar-refractivity contribution is 0.441. The Hall–Kier alpha value is -0.700. The summed E-state index contributed by atoms with van der Waals surface area (Å²) in [5.74, 6) is 3.77. The number of fused-ring (bicyclic) bond motifs is 1. The van der Waals surface area contributed by atoms with Gasteiger partial charge in [-0.25, -0.2) is 4.39 Å². The first kappa shape index (κ1) is 10.5. The van der Waals surface area contributed by atoms with Crippen LogP contribution in [0.5, 0.6) is 0 Å². The molecule has 1 aromatic carbocycles. The van der Waals surface area contributed by atoms with Crippen molar-refractivity contribution < 1.29 is 4.39 Å². The fraction of sp³-hybridized carbons (Fsp3) is 0.538. The van der Waals surface area contributed by atoms with Gasteiger partial charge in [-0.1, -0.05) is 12.1 Å². The first-order valence-electron chi connectivity index (χ1n) is 5.96. The minimum absolute atomic E-state index is 0.0900. The highest BCUT2D eigenvalue weighted by Gasteiger charge is 2.31. The molecule has 1 aromatic rings. The summed E-state index contributed by atoms with van der Waals surface area (Å²) in [6, 6.07) is 5.49. The third-order valence-electron chi connectivity index (χ3n) is 3.74. The molecule has 2 unspecified atom stereocenters. The monoisotopic (exact) mass is 237 g/mol. The number of halogens is 1. The topological polar surface area (TPSA) is 12.0 Å². The first-order chi connectivity index (χ1) is 7.86. The summed E-state index contributed by atoms with van der Waals surface area (Å²) in [7, 11) is 0. The second-order valence-electron chi connectivity index (χ2n) is 4.65. The Labute approximate surface area is 99.8 Å². The predicted molar refractivity (Wildman–Crippen MR) is 67.7 cm³/mol. The molecule has 0 aliphatic carbocycles. The largest absolute Gasteiger partial charge is 0.382 e. The molecule has 86 valence electrons. The highest BCUT2D eigenvalue weighted by Crippen LogP contribution is 2.43. The summed E-state index contributed by atoms with van der Waals surface area (Å²) < 4.78 is 13.7. The first-order valence-corrected chi connectivity index (χ1v) is 7.12. The number of hydrogen-bond donors (Lipinski definition) is 1. The van der Waals surface area contributed by atoms with E-state index in [4.69, 9.17) is 0 Å². The third-order valence-corrected chi connectivity index (χ3v) is 4.92. The summed E-state index contributed by atoms with van der Waals surface area (Å²) >= 11 is 2.04. The SMILES string of the molecule is Fc1cccc2c1NCCC2C1CCSC1. The lowest BCUT2D eigenvalue weighted by Gasteiger charge is -2.30.